The first-order chi connectivity index (χ1) is 17.3. The predicted octanol–water partition coefficient (Wildman–Crippen LogP) is 5.54. The molecule has 1 amide bonds. The molecule has 7 nitrogen and oxygen atoms in total. The highest BCUT2D eigenvalue weighted by Gasteiger charge is 2.57. The van der Waals surface area contributed by atoms with Gasteiger partial charge in [-0.3, -0.25) is 9.48 Å². The molecule has 2 saturated carbocycles. The fourth-order valence-electron chi connectivity index (χ4n) is 6.06. The average Bonchev–Trinajstić information content (AvgIpc) is 3.39. The van der Waals surface area contributed by atoms with Crippen molar-refractivity contribution in [1.82, 2.24) is 19.3 Å². The second kappa shape index (κ2) is 8.83. The van der Waals surface area contributed by atoms with Gasteiger partial charge in [0.05, 0.1) is 22.7 Å². The lowest BCUT2D eigenvalue weighted by Gasteiger charge is -2.56. The van der Waals surface area contributed by atoms with Gasteiger partial charge < -0.3 is 15.0 Å². The van der Waals surface area contributed by atoms with Crippen LogP contribution in [0.3, 0.4) is 0 Å². The van der Waals surface area contributed by atoms with Gasteiger partial charge in [-0.1, -0.05) is 11.6 Å². The largest absolute Gasteiger partial charge is 0.435 e. The van der Waals surface area contributed by atoms with E-state index in [1.165, 1.54) is 25.2 Å². The number of nitrogens with one attached hydrogen (secondary N) is 1. The van der Waals surface area contributed by atoms with Crippen LogP contribution in [0.4, 0.5) is 23.2 Å². The molecule has 5 rings (SSSR count). The molecule has 2 fully saturated rings. The van der Waals surface area contributed by atoms with E-state index in [1.54, 1.807) is 17.9 Å². The van der Waals surface area contributed by atoms with Crippen molar-refractivity contribution in [2.45, 2.75) is 56.2 Å². The maximum atomic E-state index is 13.5. The molecular weight excluding hydrogens is 514 g/mol. The Hall–Kier alpha value is -2.92. The van der Waals surface area contributed by atoms with Gasteiger partial charge in [-0.05, 0) is 68.2 Å². The van der Waals surface area contributed by atoms with E-state index in [9.17, 15) is 27.5 Å². The van der Waals surface area contributed by atoms with Gasteiger partial charge in [0.2, 0.25) is 0 Å². The molecule has 2 N–H and O–H groups in total. The number of benzene rings is 1. The Balaban J connectivity index is 1.26. The van der Waals surface area contributed by atoms with Gasteiger partial charge in [0.25, 0.3) is 5.91 Å². The molecule has 12 heteroatoms. The van der Waals surface area contributed by atoms with Crippen LogP contribution in [0, 0.1) is 11.2 Å². The van der Waals surface area contributed by atoms with Crippen molar-refractivity contribution in [3.05, 3.63) is 64.2 Å². The van der Waals surface area contributed by atoms with Crippen LogP contribution in [-0.2, 0) is 25.9 Å². The number of nitrogens with zero attached hydrogens (tertiary/aromatic N) is 4. The van der Waals surface area contributed by atoms with Crippen molar-refractivity contribution >= 4 is 23.2 Å². The van der Waals surface area contributed by atoms with Gasteiger partial charge in [0.1, 0.15) is 17.1 Å². The number of alkyl halides is 3. The highest BCUT2D eigenvalue weighted by atomic mass is 35.5. The van der Waals surface area contributed by atoms with Crippen molar-refractivity contribution in [2.75, 3.05) is 5.32 Å². The third-order valence-electron chi connectivity index (χ3n) is 7.77. The van der Waals surface area contributed by atoms with Crippen LogP contribution < -0.4 is 5.32 Å². The number of halogens is 5. The molecule has 2 aromatic heterocycles. The first kappa shape index (κ1) is 25.7. The van der Waals surface area contributed by atoms with E-state index in [0.29, 0.717) is 29.9 Å². The monoisotopic (exact) mass is 539 g/mol. The molecule has 37 heavy (non-hydrogen) atoms. The van der Waals surface area contributed by atoms with E-state index in [1.807, 2.05) is 0 Å². The zero-order valence-electron chi connectivity index (χ0n) is 20.2. The Morgan fingerprint density at radius 1 is 1.19 bits per heavy atom. The number of hydrogen-bond donors (Lipinski definition) is 2. The molecule has 2 aliphatic rings. The number of aryl methyl sites for hydroxylation is 2. The van der Waals surface area contributed by atoms with Gasteiger partial charge in [-0.25, -0.2) is 9.37 Å². The van der Waals surface area contributed by atoms with Crippen LogP contribution in [0.15, 0.2) is 30.6 Å². The zero-order valence-corrected chi connectivity index (χ0v) is 21.0. The summed E-state index contributed by atoms with van der Waals surface area (Å²) in [4.78, 5) is 17.6. The summed E-state index contributed by atoms with van der Waals surface area (Å²) in [5.74, 6) is -0.941. The van der Waals surface area contributed by atoms with Crippen molar-refractivity contribution in [3.8, 4) is 0 Å². The molecule has 0 unspecified atom stereocenters. The normalized spacial score (nSPS) is 25.8. The summed E-state index contributed by atoms with van der Waals surface area (Å²) in [7, 11) is 3.14. The number of carbonyl (C=O) groups excluding carboxylic acids is 1. The molecule has 0 bridgehead atoms. The van der Waals surface area contributed by atoms with E-state index >= 15 is 0 Å². The third-order valence-corrected chi connectivity index (χ3v) is 8.06. The molecule has 0 aliphatic heterocycles. The number of amides is 1. The van der Waals surface area contributed by atoms with E-state index in [0.717, 1.165) is 36.4 Å². The minimum absolute atomic E-state index is 0.0200. The number of hydrogen-bond acceptors (Lipinski definition) is 4. The molecular formula is C25H26ClF4N5O2. The lowest BCUT2D eigenvalue weighted by Crippen LogP contribution is -2.51. The third kappa shape index (κ3) is 4.63. The Morgan fingerprint density at radius 2 is 1.86 bits per heavy atom. The lowest BCUT2D eigenvalue weighted by molar-refractivity contribution is -0.155. The van der Waals surface area contributed by atoms with Gasteiger partial charge >= 0.3 is 6.18 Å². The zero-order chi connectivity index (χ0) is 26.8. The van der Waals surface area contributed by atoms with Crippen LogP contribution in [0.1, 0.15) is 72.0 Å². The molecule has 0 saturated heterocycles. The minimum atomic E-state index is -4.57. The molecule has 0 radical (unpaired) electrons. The van der Waals surface area contributed by atoms with Gasteiger partial charge in [-0.15, -0.1) is 0 Å². The number of carbonyl (C=O) groups is 1. The quantitative estimate of drug-likeness (QED) is 0.426. The molecule has 2 heterocycles. The number of rotatable bonds is 4. The summed E-state index contributed by atoms with van der Waals surface area (Å²) in [6.45, 7) is 0. The molecule has 198 valence electrons. The summed E-state index contributed by atoms with van der Waals surface area (Å²) in [5.41, 5.74) is -0.909. The summed E-state index contributed by atoms with van der Waals surface area (Å²) < 4.78 is 55.5. The minimum Gasteiger partial charge on any atom is -0.384 e. The maximum Gasteiger partial charge on any atom is 0.435 e. The van der Waals surface area contributed by atoms with Crippen LogP contribution >= 0.6 is 11.6 Å². The highest BCUT2D eigenvalue weighted by Crippen LogP contribution is 2.62. The van der Waals surface area contributed by atoms with Crippen LogP contribution in [0.25, 0.3) is 0 Å². The first-order valence-corrected chi connectivity index (χ1v) is 12.3. The Morgan fingerprint density at radius 3 is 2.46 bits per heavy atom. The van der Waals surface area contributed by atoms with Gasteiger partial charge in [0, 0.05) is 25.7 Å². The Bertz CT molecular complexity index is 1350. The fraction of sp³-hybridized carbons (Fsp3) is 0.480. The number of anilines is 1. The standard InChI is InChI=1S/C25H26ClF4N5O2/c1-34-13-31-20(21(34)22(36)32-15-3-4-17(27)16(26)9-15)14-5-7-23(8-6-14)11-24(37,12-23)19-10-18(25(28,29)30)33-35(19)2/h3-4,9-10,13-14,37H,5-8,11-12H2,1-2H3,(H,32,36). The second-order valence-electron chi connectivity index (χ2n) is 10.4. The first-order valence-electron chi connectivity index (χ1n) is 11.9. The molecule has 1 aromatic carbocycles. The second-order valence-corrected chi connectivity index (χ2v) is 10.8. The van der Waals surface area contributed by atoms with Gasteiger partial charge in [0.15, 0.2) is 5.69 Å². The fourth-order valence-corrected chi connectivity index (χ4v) is 6.24. The summed E-state index contributed by atoms with van der Waals surface area (Å²) in [6.07, 6.45) is 0.722. The Kier molecular flexibility index (Phi) is 6.14. The summed E-state index contributed by atoms with van der Waals surface area (Å²) in [5, 5.41) is 17.3. The van der Waals surface area contributed by atoms with Crippen molar-refractivity contribution in [3.63, 3.8) is 0 Å². The lowest BCUT2D eigenvalue weighted by atomic mass is 9.51. The highest BCUT2D eigenvalue weighted by molar-refractivity contribution is 6.31. The number of aliphatic hydroxyl groups is 1. The molecule has 0 atom stereocenters. The predicted molar refractivity (Wildman–Crippen MR) is 128 cm³/mol. The van der Waals surface area contributed by atoms with E-state index in [2.05, 4.69) is 15.4 Å². The van der Waals surface area contributed by atoms with Crippen LogP contribution in [0.2, 0.25) is 5.02 Å². The van der Waals surface area contributed by atoms with Crippen molar-refractivity contribution in [1.29, 1.82) is 0 Å². The van der Waals surface area contributed by atoms with Crippen molar-refractivity contribution in [2.24, 2.45) is 19.5 Å². The van der Waals surface area contributed by atoms with Crippen molar-refractivity contribution < 1.29 is 27.5 Å². The van der Waals surface area contributed by atoms with Gasteiger partial charge in [-0.2, -0.15) is 18.3 Å². The maximum absolute atomic E-state index is 13.5. The number of imidazole rings is 1. The van der Waals surface area contributed by atoms with E-state index in [4.69, 9.17) is 11.6 Å². The smallest absolute Gasteiger partial charge is 0.384 e. The molecule has 1 spiro atoms. The molecule has 3 aromatic rings. The average molecular weight is 540 g/mol. The molecule has 2 aliphatic carbocycles. The summed E-state index contributed by atoms with van der Waals surface area (Å²) in [6, 6.07) is 4.88. The van der Waals surface area contributed by atoms with Crippen LogP contribution in [0.5, 0.6) is 0 Å². The SMILES string of the molecule is Cn1cnc(C2CCC3(CC2)CC(O)(c2cc(C(F)(F)F)nn2C)C3)c1C(=O)Nc1ccc(F)c(Cl)c1. The topological polar surface area (TPSA) is 85.0 Å². The van der Waals surface area contributed by atoms with E-state index < -0.39 is 23.3 Å². The Labute approximate surface area is 215 Å². The van der Waals surface area contributed by atoms with E-state index in [-0.39, 0.29) is 28.0 Å². The summed E-state index contributed by atoms with van der Waals surface area (Å²) >= 11 is 5.82. The number of aromatic nitrogens is 4. The van der Waals surface area contributed by atoms with Crippen LogP contribution in [-0.4, -0.2) is 30.3 Å².